The van der Waals surface area contributed by atoms with Crippen LogP contribution in [0.1, 0.15) is 12.8 Å². The van der Waals surface area contributed by atoms with Gasteiger partial charge in [-0.15, -0.1) is 0 Å². The summed E-state index contributed by atoms with van der Waals surface area (Å²) in [7, 11) is 0. The predicted octanol–water partition coefficient (Wildman–Crippen LogP) is 3.09. The molecule has 0 bridgehead atoms. The van der Waals surface area contributed by atoms with Gasteiger partial charge in [0.15, 0.2) is 5.65 Å². The number of amides is 1. The first-order chi connectivity index (χ1) is 19.0. The lowest BCUT2D eigenvalue weighted by Gasteiger charge is -2.36. The molecule has 0 spiro atoms. The molecule has 2 aliphatic rings. The summed E-state index contributed by atoms with van der Waals surface area (Å²) in [6.07, 6.45) is 12.0. The van der Waals surface area contributed by atoms with E-state index in [1.165, 1.54) is 25.2 Å². The van der Waals surface area contributed by atoms with Crippen molar-refractivity contribution in [2.75, 3.05) is 60.9 Å². The van der Waals surface area contributed by atoms with Gasteiger partial charge in [0, 0.05) is 63.4 Å². The van der Waals surface area contributed by atoms with Crippen molar-refractivity contribution < 1.29 is 9.52 Å². The SMILES string of the molecule is O=C(CNc1c(-c2ccc(N3CCCC3)nc2)nc2cnccn12)N1CCN(c2c(Cl)c[n+]([O-])cc2Cl)CC1. The van der Waals surface area contributed by atoms with Gasteiger partial charge in [0.25, 0.3) is 0 Å². The van der Waals surface area contributed by atoms with Gasteiger partial charge < -0.3 is 25.2 Å². The van der Waals surface area contributed by atoms with E-state index < -0.39 is 0 Å². The number of hydrogen-bond acceptors (Lipinski definition) is 8. The maximum absolute atomic E-state index is 13.2. The molecule has 6 rings (SSSR count). The second kappa shape index (κ2) is 10.7. The third-order valence-corrected chi connectivity index (χ3v) is 7.72. The zero-order chi connectivity index (χ0) is 26.9. The Morgan fingerprint density at radius 2 is 1.74 bits per heavy atom. The summed E-state index contributed by atoms with van der Waals surface area (Å²) in [6, 6.07) is 4.05. The number of carbonyl (C=O) groups is 1. The molecular formula is C26H27Cl2N9O2. The number of hydrogen-bond donors (Lipinski definition) is 1. The highest BCUT2D eigenvalue weighted by Gasteiger charge is 2.26. The fourth-order valence-corrected chi connectivity index (χ4v) is 5.87. The molecule has 13 heteroatoms. The zero-order valence-corrected chi connectivity index (χ0v) is 22.6. The van der Waals surface area contributed by atoms with Crippen LogP contribution in [0.2, 0.25) is 10.0 Å². The first-order valence-corrected chi connectivity index (χ1v) is 13.6. The molecule has 4 aromatic heterocycles. The van der Waals surface area contributed by atoms with E-state index in [9.17, 15) is 10.0 Å². The molecule has 0 unspecified atom stereocenters. The summed E-state index contributed by atoms with van der Waals surface area (Å²) in [4.78, 5) is 32.9. The Labute approximate surface area is 235 Å². The van der Waals surface area contributed by atoms with E-state index in [-0.39, 0.29) is 22.5 Å². The van der Waals surface area contributed by atoms with Crippen LogP contribution in [0.15, 0.2) is 49.3 Å². The number of imidazole rings is 1. The molecular weight excluding hydrogens is 541 g/mol. The van der Waals surface area contributed by atoms with E-state index in [4.69, 9.17) is 28.2 Å². The van der Waals surface area contributed by atoms with E-state index in [0.29, 0.717) is 53.8 Å². The van der Waals surface area contributed by atoms with Crippen molar-refractivity contribution in [2.24, 2.45) is 0 Å². The third-order valence-electron chi connectivity index (χ3n) is 7.17. The summed E-state index contributed by atoms with van der Waals surface area (Å²) >= 11 is 12.5. The first-order valence-electron chi connectivity index (χ1n) is 12.9. The maximum Gasteiger partial charge on any atom is 0.242 e. The van der Waals surface area contributed by atoms with E-state index in [0.717, 1.165) is 24.5 Å². The Kier molecular flexibility index (Phi) is 7.01. The Bertz CT molecular complexity index is 1470. The van der Waals surface area contributed by atoms with Crippen molar-refractivity contribution in [2.45, 2.75) is 12.8 Å². The number of piperazine rings is 1. The summed E-state index contributed by atoms with van der Waals surface area (Å²) in [5.41, 5.74) is 2.87. The smallest absolute Gasteiger partial charge is 0.242 e. The van der Waals surface area contributed by atoms with Gasteiger partial charge in [-0.2, -0.15) is 4.73 Å². The van der Waals surface area contributed by atoms with Gasteiger partial charge in [0.1, 0.15) is 27.4 Å². The molecule has 4 aromatic rings. The van der Waals surface area contributed by atoms with Crippen LogP contribution in [0.4, 0.5) is 17.3 Å². The minimum atomic E-state index is -0.0326. The van der Waals surface area contributed by atoms with E-state index in [1.807, 2.05) is 33.8 Å². The van der Waals surface area contributed by atoms with Crippen molar-refractivity contribution >= 4 is 52.1 Å². The Balaban J connectivity index is 1.15. The topological polar surface area (TPSA) is 109 Å². The average molecular weight is 568 g/mol. The molecule has 6 heterocycles. The van der Waals surface area contributed by atoms with E-state index >= 15 is 0 Å². The van der Waals surface area contributed by atoms with Crippen LogP contribution in [-0.2, 0) is 4.79 Å². The molecule has 0 saturated carbocycles. The van der Waals surface area contributed by atoms with Crippen molar-refractivity contribution in [3.63, 3.8) is 0 Å². The van der Waals surface area contributed by atoms with Crippen LogP contribution in [0, 0.1) is 5.21 Å². The van der Waals surface area contributed by atoms with Gasteiger partial charge >= 0.3 is 0 Å². The number of fused-ring (bicyclic) bond motifs is 1. The zero-order valence-electron chi connectivity index (χ0n) is 21.1. The number of nitrogens with one attached hydrogen (secondary N) is 1. The summed E-state index contributed by atoms with van der Waals surface area (Å²) in [6.45, 7) is 4.27. The number of halogens is 2. The van der Waals surface area contributed by atoms with Gasteiger partial charge in [0.05, 0.1) is 18.4 Å². The molecule has 1 N–H and O–H groups in total. The van der Waals surface area contributed by atoms with Crippen molar-refractivity contribution in [1.29, 1.82) is 0 Å². The lowest BCUT2D eigenvalue weighted by Crippen LogP contribution is -2.50. The van der Waals surface area contributed by atoms with Crippen LogP contribution >= 0.6 is 23.2 Å². The molecule has 2 aliphatic heterocycles. The molecule has 0 radical (unpaired) electrons. The molecule has 202 valence electrons. The Hall–Kier alpha value is -3.83. The van der Waals surface area contributed by atoms with Crippen molar-refractivity contribution in [1.82, 2.24) is 24.3 Å². The van der Waals surface area contributed by atoms with Gasteiger partial charge in [0.2, 0.25) is 18.3 Å². The van der Waals surface area contributed by atoms with Gasteiger partial charge in [-0.3, -0.25) is 14.2 Å². The van der Waals surface area contributed by atoms with Gasteiger partial charge in [-0.25, -0.2) is 9.97 Å². The minimum absolute atomic E-state index is 0.0326. The van der Waals surface area contributed by atoms with Crippen LogP contribution in [0.25, 0.3) is 16.9 Å². The first kappa shape index (κ1) is 25.4. The number of pyridine rings is 2. The van der Waals surface area contributed by atoms with E-state index in [1.54, 1.807) is 17.3 Å². The van der Waals surface area contributed by atoms with Crippen LogP contribution in [0.5, 0.6) is 0 Å². The molecule has 2 fully saturated rings. The Morgan fingerprint density at radius 3 is 2.44 bits per heavy atom. The molecule has 0 atom stereocenters. The third kappa shape index (κ3) is 5.11. The standard InChI is InChI=1S/C26H27Cl2N9O2/c27-19-16-36(39)17-20(28)25(19)35-11-9-34(10-12-35)23(38)15-31-26-24(32-22-14-29-5-8-37(22)26)18-3-4-21(30-13-18)33-6-1-2-7-33/h3-5,8,13-14,16-17,31H,1-2,6-7,9-12,15H2. The van der Waals surface area contributed by atoms with Gasteiger partial charge in [-0.1, -0.05) is 23.2 Å². The minimum Gasteiger partial charge on any atom is -0.619 e. The number of rotatable bonds is 6. The maximum atomic E-state index is 13.2. The van der Waals surface area contributed by atoms with Crippen molar-refractivity contribution in [3.8, 4) is 11.3 Å². The molecule has 0 aromatic carbocycles. The monoisotopic (exact) mass is 567 g/mol. The second-order valence-electron chi connectivity index (χ2n) is 9.60. The Morgan fingerprint density at radius 1 is 1.00 bits per heavy atom. The molecule has 39 heavy (non-hydrogen) atoms. The lowest BCUT2D eigenvalue weighted by molar-refractivity contribution is -0.605. The summed E-state index contributed by atoms with van der Waals surface area (Å²) in [5.74, 6) is 1.65. The number of carbonyl (C=O) groups excluding carboxylic acids is 1. The van der Waals surface area contributed by atoms with Crippen molar-refractivity contribution in [3.05, 3.63) is 64.6 Å². The lowest BCUT2D eigenvalue weighted by atomic mass is 10.2. The highest BCUT2D eigenvalue weighted by atomic mass is 35.5. The average Bonchev–Trinajstić information content (AvgIpc) is 3.60. The fourth-order valence-electron chi connectivity index (χ4n) is 5.19. The quantitative estimate of drug-likeness (QED) is 0.279. The predicted molar refractivity (Wildman–Crippen MR) is 150 cm³/mol. The van der Waals surface area contributed by atoms with Crippen LogP contribution < -0.4 is 19.8 Å². The molecule has 0 aliphatic carbocycles. The number of nitrogens with zero attached hydrogens (tertiary/aromatic N) is 8. The van der Waals surface area contributed by atoms with Gasteiger partial charge in [-0.05, 0) is 25.0 Å². The molecule has 1 amide bonds. The normalized spacial score (nSPS) is 15.8. The number of aromatic nitrogens is 5. The second-order valence-corrected chi connectivity index (χ2v) is 10.4. The largest absolute Gasteiger partial charge is 0.619 e. The molecule has 2 saturated heterocycles. The summed E-state index contributed by atoms with van der Waals surface area (Å²) < 4.78 is 2.48. The van der Waals surface area contributed by atoms with E-state index in [2.05, 4.69) is 20.2 Å². The van der Waals surface area contributed by atoms with Crippen LogP contribution in [0.3, 0.4) is 0 Å². The fraction of sp³-hybridized carbons (Fsp3) is 0.346. The van der Waals surface area contributed by atoms with Crippen LogP contribution in [-0.4, -0.2) is 76.0 Å². The molecule has 11 nitrogen and oxygen atoms in total. The highest BCUT2D eigenvalue weighted by molar-refractivity contribution is 6.38. The number of anilines is 3. The highest BCUT2D eigenvalue weighted by Crippen LogP contribution is 2.33. The summed E-state index contributed by atoms with van der Waals surface area (Å²) in [5, 5.41) is 15.5.